The first-order chi connectivity index (χ1) is 10.2. The molecule has 3 aromatic rings. The monoisotopic (exact) mass is 303 g/mol. The number of nitrogens with one attached hydrogen (secondary N) is 1. The highest BCUT2D eigenvalue weighted by Gasteiger charge is 2.17. The summed E-state index contributed by atoms with van der Waals surface area (Å²) in [5.41, 5.74) is 0.580. The standard InChI is InChI=1S/C14H10ClN3O3/c15-11-6-2-1-5-10(11)13-17-18-14(21-13)12(19)16-8-9-4-3-7-20-9/h1-7H,8H2,(H,16,19). The maximum absolute atomic E-state index is 11.9. The van der Waals surface area contributed by atoms with Crippen LogP contribution >= 0.6 is 11.6 Å². The summed E-state index contributed by atoms with van der Waals surface area (Å²) in [6.07, 6.45) is 1.53. The molecule has 0 aliphatic carbocycles. The lowest BCUT2D eigenvalue weighted by molar-refractivity contribution is 0.0914. The van der Waals surface area contributed by atoms with Gasteiger partial charge in [-0.3, -0.25) is 4.79 Å². The fourth-order valence-electron chi connectivity index (χ4n) is 1.71. The minimum absolute atomic E-state index is 0.128. The molecule has 0 saturated carbocycles. The fourth-order valence-corrected chi connectivity index (χ4v) is 1.93. The van der Waals surface area contributed by atoms with E-state index in [0.29, 0.717) is 16.3 Å². The summed E-state index contributed by atoms with van der Waals surface area (Å²) in [5.74, 6) is 0.228. The summed E-state index contributed by atoms with van der Waals surface area (Å²) in [6, 6.07) is 10.5. The summed E-state index contributed by atoms with van der Waals surface area (Å²) in [6.45, 7) is 0.246. The minimum atomic E-state index is -0.475. The molecule has 0 radical (unpaired) electrons. The van der Waals surface area contributed by atoms with Crippen molar-refractivity contribution in [2.75, 3.05) is 0 Å². The van der Waals surface area contributed by atoms with Crippen molar-refractivity contribution < 1.29 is 13.6 Å². The van der Waals surface area contributed by atoms with Gasteiger partial charge in [-0.25, -0.2) is 0 Å². The number of aromatic nitrogens is 2. The van der Waals surface area contributed by atoms with Gasteiger partial charge in [-0.2, -0.15) is 0 Å². The van der Waals surface area contributed by atoms with Gasteiger partial charge in [0.15, 0.2) is 0 Å². The molecule has 0 bridgehead atoms. The van der Waals surface area contributed by atoms with Gasteiger partial charge in [-0.05, 0) is 24.3 Å². The molecule has 0 aliphatic rings. The van der Waals surface area contributed by atoms with Crippen LogP contribution in [-0.4, -0.2) is 16.1 Å². The van der Waals surface area contributed by atoms with E-state index in [-0.39, 0.29) is 18.3 Å². The molecule has 3 rings (SSSR count). The van der Waals surface area contributed by atoms with Crippen molar-refractivity contribution in [3.8, 4) is 11.5 Å². The van der Waals surface area contributed by atoms with Gasteiger partial charge < -0.3 is 14.2 Å². The third-order valence-corrected chi connectivity index (χ3v) is 3.06. The van der Waals surface area contributed by atoms with Crippen LogP contribution in [0.2, 0.25) is 5.02 Å². The van der Waals surface area contributed by atoms with Crippen LogP contribution in [0.1, 0.15) is 16.4 Å². The Hall–Kier alpha value is -2.60. The van der Waals surface area contributed by atoms with Gasteiger partial charge in [-0.1, -0.05) is 23.7 Å². The maximum atomic E-state index is 11.9. The van der Waals surface area contributed by atoms with Crippen molar-refractivity contribution in [1.29, 1.82) is 0 Å². The van der Waals surface area contributed by atoms with Crippen molar-refractivity contribution >= 4 is 17.5 Å². The molecule has 21 heavy (non-hydrogen) atoms. The third kappa shape index (κ3) is 2.95. The third-order valence-electron chi connectivity index (χ3n) is 2.73. The molecule has 1 N–H and O–H groups in total. The Morgan fingerprint density at radius 3 is 2.81 bits per heavy atom. The molecule has 0 spiro atoms. The Balaban J connectivity index is 1.73. The maximum Gasteiger partial charge on any atom is 0.309 e. The van der Waals surface area contributed by atoms with Gasteiger partial charge >= 0.3 is 11.8 Å². The molecule has 7 heteroatoms. The van der Waals surface area contributed by atoms with E-state index in [1.165, 1.54) is 6.26 Å². The van der Waals surface area contributed by atoms with Crippen molar-refractivity contribution in [2.45, 2.75) is 6.54 Å². The molecule has 2 aromatic heterocycles. The van der Waals surface area contributed by atoms with Crippen LogP contribution < -0.4 is 5.32 Å². The second-order valence-electron chi connectivity index (χ2n) is 4.15. The van der Waals surface area contributed by atoms with E-state index in [1.54, 1.807) is 36.4 Å². The van der Waals surface area contributed by atoms with Crippen LogP contribution in [0, 0.1) is 0 Å². The van der Waals surface area contributed by atoms with Gasteiger partial charge in [0.2, 0.25) is 5.89 Å². The number of carbonyl (C=O) groups is 1. The van der Waals surface area contributed by atoms with E-state index in [1.807, 2.05) is 0 Å². The molecule has 0 fully saturated rings. The normalized spacial score (nSPS) is 10.5. The topological polar surface area (TPSA) is 81.2 Å². The van der Waals surface area contributed by atoms with Crippen LogP contribution in [0.3, 0.4) is 0 Å². The lowest BCUT2D eigenvalue weighted by atomic mass is 10.2. The SMILES string of the molecule is O=C(NCc1ccco1)c1nnc(-c2ccccc2Cl)o1. The summed E-state index contributed by atoms with van der Waals surface area (Å²) < 4.78 is 10.4. The first-order valence-electron chi connectivity index (χ1n) is 6.13. The van der Waals surface area contributed by atoms with Crippen LogP contribution in [0.5, 0.6) is 0 Å². The number of benzene rings is 1. The molecule has 0 aliphatic heterocycles. The zero-order chi connectivity index (χ0) is 14.7. The Morgan fingerprint density at radius 2 is 2.05 bits per heavy atom. The Morgan fingerprint density at radius 1 is 1.19 bits per heavy atom. The predicted octanol–water partition coefficient (Wildman–Crippen LogP) is 2.91. The highest BCUT2D eigenvalue weighted by molar-refractivity contribution is 6.33. The molecule has 0 unspecified atom stereocenters. The van der Waals surface area contributed by atoms with E-state index < -0.39 is 5.91 Å². The van der Waals surface area contributed by atoms with Crippen molar-refractivity contribution in [3.05, 3.63) is 59.3 Å². The van der Waals surface area contributed by atoms with E-state index in [4.69, 9.17) is 20.4 Å². The molecule has 2 heterocycles. The zero-order valence-electron chi connectivity index (χ0n) is 10.7. The Labute approximate surface area is 124 Å². The van der Waals surface area contributed by atoms with Crippen LogP contribution in [-0.2, 0) is 6.54 Å². The summed E-state index contributed by atoms with van der Waals surface area (Å²) in [7, 11) is 0. The first-order valence-corrected chi connectivity index (χ1v) is 6.51. The van der Waals surface area contributed by atoms with E-state index in [0.717, 1.165) is 0 Å². The highest BCUT2D eigenvalue weighted by Crippen LogP contribution is 2.26. The van der Waals surface area contributed by atoms with Crippen LogP contribution in [0.4, 0.5) is 0 Å². The summed E-state index contributed by atoms with van der Waals surface area (Å²) in [4.78, 5) is 11.9. The van der Waals surface area contributed by atoms with E-state index in [2.05, 4.69) is 15.5 Å². The minimum Gasteiger partial charge on any atom is -0.467 e. The Bertz CT molecular complexity index is 752. The average Bonchev–Trinajstić information content (AvgIpc) is 3.17. The number of halogens is 1. The van der Waals surface area contributed by atoms with E-state index >= 15 is 0 Å². The van der Waals surface area contributed by atoms with Gasteiger partial charge in [0.25, 0.3) is 0 Å². The number of hydrogen-bond donors (Lipinski definition) is 1. The average molecular weight is 304 g/mol. The second kappa shape index (κ2) is 5.80. The van der Waals surface area contributed by atoms with Gasteiger partial charge in [0.05, 0.1) is 23.4 Å². The van der Waals surface area contributed by atoms with Crippen molar-refractivity contribution in [1.82, 2.24) is 15.5 Å². The van der Waals surface area contributed by atoms with Gasteiger partial charge in [0, 0.05) is 0 Å². The van der Waals surface area contributed by atoms with Crippen molar-refractivity contribution in [3.63, 3.8) is 0 Å². The zero-order valence-corrected chi connectivity index (χ0v) is 11.5. The first kappa shape index (κ1) is 13.4. The number of rotatable bonds is 4. The fraction of sp³-hybridized carbons (Fsp3) is 0.0714. The number of nitrogens with zero attached hydrogens (tertiary/aromatic N) is 2. The number of hydrogen-bond acceptors (Lipinski definition) is 5. The lowest BCUT2D eigenvalue weighted by Gasteiger charge is -1.99. The van der Waals surface area contributed by atoms with Gasteiger partial charge in [0.1, 0.15) is 5.76 Å². The summed E-state index contributed by atoms with van der Waals surface area (Å²) in [5, 5.41) is 10.6. The molecule has 0 atom stereocenters. The van der Waals surface area contributed by atoms with E-state index in [9.17, 15) is 4.79 Å². The Kier molecular flexibility index (Phi) is 3.70. The largest absolute Gasteiger partial charge is 0.467 e. The molecule has 1 amide bonds. The second-order valence-corrected chi connectivity index (χ2v) is 4.56. The molecule has 6 nitrogen and oxygen atoms in total. The van der Waals surface area contributed by atoms with Gasteiger partial charge in [-0.15, -0.1) is 10.2 Å². The molecule has 106 valence electrons. The molecule has 1 aromatic carbocycles. The lowest BCUT2D eigenvalue weighted by Crippen LogP contribution is -2.22. The highest BCUT2D eigenvalue weighted by atomic mass is 35.5. The van der Waals surface area contributed by atoms with Crippen LogP contribution in [0.25, 0.3) is 11.5 Å². The van der Waals surface area contributed by atoms with Crippen molar-refractivity contribution in [2.24, 2.45) is 0 Å². The quantitative estimate of drug-likeness (QED) is 0.801. The molecule has 0 saturated heterocycles. The number of carbonyl (C=O) groups excluding carboxylic acids is 1. The van der Waals surface area contributed by atoms with Crippen LogP contribution in [0.15, 0.2) is 51.5 Å². The smallest absolute Gasteiger partial charge is 0.309 e. The number of furan rings is 1. The molecular weight excluding hydrogens is 294 g/mol. The molecular formula is C14H10ClN3O3. The summed E-state index contributed by atoms with van der Waals surface area (Å²) >= 11 is 6.04. The number of amides is 1. The predicted molar refractivity (Wildman–Crippen MR) is 74.6 cm³/mol.